The first-order chi connectivity index (χ1) is 11.1. The topological polar surface area (TPSA) is 49.3 Å². The van der Waals surface area contributed by atoms with Gasteiger partial charge in [0.25, 0.3) is 0 Å². The molecule has 3 nitrogen and oxygen atoms in total. The summed E-state index contributed by atoms with van der Waals surface area (Å²) in [7, 11) is 0. The van der Waals surface area contributed by atoms with Crippen LogP contribution in [0.25, 0.3) is 0 Å². The summed E-state index contributed by atoms with van der Waals surface area (Å²) in [4.78, 5) is 11.3. The molecule has 0 fully saturated rings. The predicted molar refractivity (Wildman–Crippen MR) is 93.5 cm³/mol. The number of carbonyl (C=O) groups is 1. The Hall–Kier alpha value is -2.29. The van der Waals surface area contributed by atoms with Crippen molar-refractivity contribution < 1.29 is 9.90 Å². The van der Waals surface area contributed by atoms with Crippen molar-refractivity contribution in [3.8, 4) is 0 Å². The summed E-state index contributed by atoms with van der Waals surface area (Å²) in [5.74, 6) is -0.441. The molecule has 120 valence electrons. The molecule has 0 amide bonds. The van der Waals surface area contributed by atoms with E-state index in [1.165, 1.54) is 28.7 Å². The van der Waals surface area contributed by atoms with Crippen LogP contribution in [0.15, 0.2) is 36.4 Å². The smallest absolute Gasteiger partial charge is 0.337 e. The molecule has 0 aliphatic heterocycles. The minimum atomic E-state index is -0.886. The molecule has 0 radical (unpaired) electrons. The first-order valence-electron chi connectivity index (χ1n) is 8.23. The number of hydrogen-bond donors (Lipinski definition) is 2. The number of carboxylic acids is 1. The normalized spacial score (nSPS) is 16.7. The molecule has 0 heterocycles. The Morgan fingerprint density at radius 1 is 1.22 bits per heavy atom. The molecule has 0 saturated carbocycles. The van der Waals surface area contributed by atoms with E-state index in [1.54, 1.807) is 12.1 Å². The third-order valence-electron chi connectivity index (χ3n) is 5.02. The first-order valence-corrected chi connectivity index (χ1v) is 8.23. The molecular formula is C20H23NO2. The highest BCUT2D eigenvalue weighted by atomic mass is 16.4. The zero-order valence-electron chi connectivity index (χ0n) is 13.7. The number of hydrogen-bond acceptors (Lipinski definition) is 2. The number of anilines is 1. The van der Waals surface area contributed by atoms with Gasteiger partial charge in [0, 0.05) is 18.2 Å². The Morgan fingerprint density at radius 2 is 2.00 bits per heavy atom. The first kappa shape index (κ1) is 15.6. The van der Waals surface area contributed by atoms with E-state index in [0.29, 0.717) is 17.2 Å². The summed E-state index contributed by atoms with van der Waals surface area (Å²) < 4.78 is 0. The van der Waals surface area contributed by atoms with Crippen molar-refractivity contribution in [1.82, 2.24) is 0 Å². The second-order valence-corrected chi connectivity index (χ2v) is 6.40. The van der Waals surface area contributed by atoms with Gasteiger partial charge in [-0.15, -0.1) is 0 Å². The summed E-state index contributed by atoms with van der Waals surface area (Å²) in [5.41, 5.74) is 6.74. The fraction of sp³-hybridized carbons (Fsp3) is 0.350. The second-order valence-electron chi connectivity index (χ2n) is 6.40. The monoisotopic (exact) mass is 309 g/mol. The standard InChI is InChI=1S/C20H23NO2/c1-13-10-11-17-15(6-5-8-16(17)14(13)2)12-21-19-9-4-3-7-18(19)20(22)23/h3-4,7,9-11,15,21H,5-6,8,12H2,1-2H3,(H,22,23). The summed E-state index contributed by atoms with van der Waals surface area (Å²) >= 11 is 0. The molecular weight excluding hydrogens is 286 g/mol. The SMILES string of the molecule is Cc1ccc2c(c1C)CCCC2CNc1ccccc1C(=O)O. The van der Waals surface area contributed by atoms with Crippen LogP contribution in [0.3, 0.4) is 0 Å². The largest absolute Gasteiger partial charge is 0.478 e. The average molecular weight is 309 g/mol. The molecule has 2 aromatic carbocycles. The number of carboxylic acid groups (broad SMARTS) is 1. The Balaban J connectivity index is 1.81. The zero-order chi connectivity index (χ0) is 16.4. The summed E-state index contributed by atoms with van der Waals surface area (Å²) in [6, 6.07) is 11.6. The summed E-state index contributed by atoms with van der Waals surface area (Å²) in [6.45, 7) is 5.16. The number of para-hydroxylation sites is 1. The molecule has 2 N–H and O–H groups in total. The van der Waals surface area contributed by atoms with Crippen LogP contribution in [0.1, 0.15) is 51.4 Å². The molecule has 1 atom stereocenters. The highest BCUT2D eigenvalue weighted by Crippen LogP contribution is 2.34. The van der Waals surface area contributed by atoms with Crippen molar-refractivity contribution in [2.45, 2.75) is 39.0 Å². The van der Waals surface area contributed by atoms with Crippen molar-refractivity contribution >= 4 is 11.7 Å². The second kappa shape index (κ2) is 6.45. The van der Waals surface area contributed by atoms with Crippen molar-refractivity contribution in [1.29, 1.82) is 0 Å². The number of rotatable bonds is 4. The van der Waals surface area contributed by atoms with Gasteiger partial charge in [0.05, 0.1) is 5.56 Å². The maximum Gasteiger partial charge on any atom is 0.337 e. The molecule has 0 aromatic heterocycles. The van der Waals surface area contributed by atoms with Crippen LogP contribution in [0.2, 0.25) is 0 Å². The van der Waals surface area contributed by atoms with E-state index in [4.69, 9.17) is 0 Å². The van der Waals surface area contributed by atoms with Crippen LogP contribution >= 0.6 is 0 Å². The van der Waals surface area contributed by atoms with Gasteiger partial charge in [0.15, 0.2) is 0 Å². The third kappa shape index (κ3) is 3.09. The van der Waals surface area contributed by atoms with E-state index in [1.807, 2.05) is 12.1 Å². The van der Waals surface area contributed by atoms with Crippen LogP contribution in [-0.2, 0) is 6.42 Å². The highest BCUT2D eigenvalue weighted by Gasteiger charge is 2.22. The zero-order valence-corrected chi connectivity index (χ0v) is 13.7. The van der Waals surface area contributed by atoms with Crippen LogP contribution in [0, 0.1) is 13.8 Å². The van der Waals surface area contributed by atoms with Gasteiger partial charge in [-0.05, 0) is 67.5 Å². The molecule has 1 unspecified atom stereocenters. The van der Waals surface area contributed by atoms with Crippen LogP contribution < -0.4 is 5.32 Å². The van der Waals surface area contributed by atoms with Gasteiger partial charge < -0.3 is 10.4 Å². The van der Waals surface area contributed by atoms with E-state index in [-0.39, 0.29) is 0 Å². The molecule has 1 aliphatic carbocycles. The Bertz CT molecular complexity index is 736. The molecule has 3 rings (SSSR count). The van der Waals surface area contributed by atoms with E-state index < -0.39 is 5.97 Å². The van der Waals surface area contributed by atoms with Crippen LogP contribution in [0.5, 0.6) is 0 Å². The fourth-order valence-electron chi connectivity index (χ4n) is 3.56. The van der Waals surface area contributed by atoms with Gasteiger partial charge in [-0.25, -0.2) is 4.79 Å². The molecule has 0 saturated heterocycles. The van der Waals surface area contributed by atoms with Gasteiger partial charge in [0.1, 0.15) is 0 Å². The molecule has 23 heavy (non-hydrogen) atoms. The Morgan fingerprint density at radius 3 is 2.78 bits per heavy atom. The Labute approximate surface area is 137 Å². The van der Waals surface area contributed by atoms with Crippen LogP contribution in [-0.4, -0.2) is 17.6 Å². The lowest BCUT2D eigenvalue weighted by molar-refractivity contribution is 0.0698. The third-order valence-corrected chi connectivity index (χ3v) is 5.02. The molecule has 0 spiro atoms. The summed E-state index contributed by atoms with van der Waals surface area (Å²) in [5, 5.41) is 12.6. The van der Waals surface area contributed by atoms with Gasteiger partial charge in [-0.1, -0.05) is 24.3 Å². The van der Waals surface area contributed by atoms with Gasteiger partial charge >= 0.3 is 5.97 Å². The lowest BCUT2D eigenvalue weighted by Gasteiger charge is -2.28. The van der Waals surface area contributed by atoms with E-state index in [2.05, 4.69) is 31.3 Å². The van der Waals surface area contributed by atoms with E-state index in [0.717, 1.165) is 19.4 Å². The Kier molecular flexibility index (Phi) is 4.37. The lowest BCUT2D eigenvalue weighted by atomic mass is 9.80. The van der Waals surface area contributed by atoms with Gasteiger partial charge in [0.2, 0.25) is 0 Å². The number of benzene rings is 2. The minimum absolute atomic E-state index is 0.337. The van der Waals surface area contributed by atoms with E-state index in [9.17, 15) is 9.90 Å². The quantitative estimate of drug-likeness (QED) is 0.872. The van der Waals surface area contributed by atoms with Crippen molar-refractivity contribution in [2.24, 2.45) is 0 Å². The average Bonchev–Trinajstić information content (AvgIpc) is 2.56. The highest BCUT2D eigenvalue weighted by molar-refractivity contribution is 5.94. The van der Waals surface area contributed by atoms with Crippen molar-refractivity contribution in [3.05, 3.63) is 64.2 Å². The fourth-order valence-corrected chi connectivity index (χ4v) is 3.56. The summed E-state index contributed by atoms with van der Waals surface area (Å²) in [6.07, 6.45) is 3.51. The van der Waals surface area contributed by atoms with Crippen molar-refractivity contribution in [3.63, 3.8) is 0 Å². The number of aryl methyl sites for hydroxylation is 1. The van der Waals surface area contributed by atoms with Crippen LogP contribution in [0.4, 0.5) is 5.69 Å². The lowest BCUT2D eigenvalue weighted by Crippen LogP contribution is -2.20. The molecule has 2 aromatic rings. The maximum atomic E-state index is 11.3. The number of aromatic carboxylic acids is 1. The van der Waals surface area contributed by atoms with Gasteiger partial charge in [-0.3, -0.25) is 0 Å². The van der Waals surface area contributed by atoms with E-state index >= 15 is 0 Å². The molecule has 3 heteroatoms. The maximum absolute atomic E-state index is 11.3. The number of fused-ring (bicyclic) bond motifs is 1. The van der Waals surface area contributed by atoms with Crippen molar-refractivity contribution in [2.75, 3.05) is 11.9 Å². The molecule has 1 aliphatic rings. The van der Waals surface area contributed by atoms with Gasteiger partial charge in [-0.2, -0.15) is 0 Å². The predicted octanol–water partition coefficient (Wildman–Crippen LogP) is 4.53. The molecule has 0 bridgehead atoms. The number of nitrogens with one attached hydrogen (secondary N) is 1. The minimum Gasteiger partial charge on any atom is -0.478 e.